The van der Waals surface area contributed by atoms with Gasteiger partial charge in [0.2, 0.25) is 5.69 Å². The van der Waals surface area contributed by atoms with Crippen LogP contribution in [-0.2, 0) is 5.41 Å². The van der Waals surface area contributed by atoms with Gasteiger partial charge < -0.3 is 9.72 Å². The van der Waals surface area contributed by atoms with Gasteiger partial charge in [-0.3, -0.25) is 4.57 Å². The van der Waals surface area contributed by atoms with Gasteiger partial charge in [0.05, 0.1) is 25.1 Å². The number of ether oxygens (including phenoxy) is 1. The van der Waals surface area contributed by atoms with Crippen molar-refractivity contribution >= 4 is 17.9 Å². The smallest absolute Gasteiger partial charge is 0.222 e. The molecule has 0 aliphatic heterocycles. The summed E-state index contributed by atoms with van der Waals surface area (Å²) in [6.45, 7) is 11.0. The molecule has 0 spiro atoms. The summed E-state index contributed by atoms with van der Waals surface area (Å²) in [7, 11) is 1.40. The molecule has 0 bridgehead atoms. The molecular weight excluding hydrogens is 368 g/mol. The predicted molar refractivity (Wildman–Crippen MR) is 102 cm³/mol. The van der Waals surface area contributed by atoms with E-state index in [0.717, 1.165) is 11.3 Å². The lowest BCUT2D eigenvalue weighted by molar-refractivity contribution is 0.386. The number of nitrogens with zero attached hydrogens (tertiary/aromatic N) is 2. The first-order valence-corrected chi connectivity index (χ1v) is 8.52. The van der Waals surface area contributed by atoms with Crippen LogP contribution in [0.15, 0.2) is 42.6 Å². The third-order valence-corrected chi connectivity index (χ3v) is 4.90. The van der Waals surface area contributed by atoms with Crippen molar-refractivity contribution in [2.45, 2.75) is 19.3 Å². The Morgan fingerprint density at radius 3 is 2.52 bits per heavy atom. The van der Waals surface area contributed by atoms with Crippen LogP contribution in [0.4, 0.5) is 14.5 Å². The number of benzene rings is 2. The molecule has 3 rings (SSSR count). The number of aromatic nitrogens is 2. The van der Waals surface area contributed by atoms with Gasteiger partial charge in [-0.2, -0.15) is 0 Å². The first-order chi connectivity index (χ1) is 12.8. The topological polar surface area (TPSA) is 34.3 Å². The fraction of sp³-hybridized carbons (Fsp3) is 0.200. The summed E-state index contributed by atoms with van der Waals surface area (Å²) in [5, 5.41) is 0. The number of nitrogens with one attached hydrogen (secondary N) is 1. The van der Waals surface area contributed by atoms with Crippen LogP contribution in [0.2, 0.25) is 0 Å². The van der Waals surface area contributed by atoms with Crippen molar-refractivity contribution < 1.29 is 13.5 Å². The summed E-state index contributed by atoms with van der Waals surface area (Å²) >= 11 is 5.42. The molecule has 1 heterocycles. The summed E-state index contributed by atoms with van der Waals surface area (Å²) in [6, 6.07) is 8.96. The summed E-state index contributed by atoms with van der Waals surface area (Å²) < 4.78 is 34.8. The van der Waals surface area contributed by atoms with Gasteiger partial charge in [-0.25, -0.2) is 13.6 Å². The van der Waals surface area contributed by atoms with E-state index in [-0.39, 0.29) is 11.4 Å². The second-order valence-corrected chi connectivity index (χ2v) is 6.92. The summed E-state index contributed by atoms with van der Waals surface area (Å²) in [5.41, 5.74) is 1.53. The molecule has 0 saturated carbocycles. The van der Waals surface area contributed by atoms with E-state index in [1.165, 1.54) is 25.3 Å². The summed E-state index contributed by atoms with van der Waals surface area (Å²) in [4.78, 5) is 6.25. The van der Waals surface area contributed by atoms with E-state index in [1.807, 2.05) is 13.8 Å². The van der Waals surface area contributed by atoms with E-state index in [9.17, 15) is 8.78 Å². The highest BCUT2D eigenvalue weighted by molar-refractivity contribution is 7.71. The molecule has 138 valence electrons. The van der Waals surface area contributed by atoms with Crippen molar-refractivity contribution in [2.24, 2.45) is 0 Å². The maximum absolute atomic E-state index is 13.8. The van der Waals surface area contributed by atoms with E-state index >= 15 is 0 Å². The Morgan fingerprint density at radius 1 is 1.15 bits per heavy atom. The molecule has 7 heteroatoms. The van der Waals surface area contributed by atoms with Crippen LogP contribution in [0.3, 0.4) is 0 Å². The molecule has 1 N–H and O–H groups in total. The molecule has 0 fully saturated rings. The highest BCUT2D eigenvalue weighted by atomic mass is 32.1. The predicted octanol–water partition coefficient (Wildman–Crippen LogP) is 5.70. The van der Waals surface area contributed by atoms with Gasteiger partial charge in [-0.1, -0.05) is 19.9 Å². The zero-order chi connectivity index (χ0) is 19.8. The monoisotopic (exact) mass is 385 g/mol. The lowest BCUT2D eigenvalue weighted by Crippen LogP contribution is -2.23. The number of aromatic amines is 1. The quantitative estimate of drug-likeness (QED) is 0.462. The Kier molecular flexibility index (Phi) is 4.85. The maximum atomic E-state index is 13.8. The molecule has 2 aromatic carbocycles. The van der Waals surface area contributed by atoms with Gasteiger partial charge in [0.15, 0.2) is 16.3 Å². The molecule has 0 radical (unpaired) electrons. The van der Waals surface area contributed by atoms with Crippen molar-refractivity contribution in [3.63, 3.8) is 0 Å². The Labute approximate surface area is 160 Å². The van der Waals surface area contributed by atoms with Crippen LogP contribution in [0.5, 0.6) is 5.75 Å². The second-order valence-electron chi connectivity index (χ2n) is 6.54. The Bertz CT molecular complexity index is 1110. The Balaban J connectivity index is 2.19. The lowest BCUT2D eigenvalue weighted by atomic mass is 9.81. The number of methoxy groups -OCH3 is 1. The first kappa shape index (κ1) is 18.8. The minimum Gasteiger partial charge on any atom is -0.494 e. The standard InChI is InChI=1S/C20H17F2N3OS/c1-20(2,12-5-7-14(21)16(9-12)23-3)18-11-24-19(27)25(18)13-6-8-15(22)17(10-13)26-4/h5-11H,1-2,4H3,(H,24,27). The van der Waals surface area contributed by atoms with Gasteiger partial charge in [-0.15, -0.1) is 0 Å². The zero-order valence-corrected chi connectivity index (χ0v) is 15.8. The normalized spacial score (nSPS) is 11.3. The molecule has 0 atom stereocenters. The molecule has 0 unspecified atom stereocenters. The van der Waals surface area contributed by atoms with Gasteiger partial charge in [0, 0.05) is 17.7 Å². The highest BCUT2D eigenvalue weighted by Crippen LogP contribution is 2.36. The molecule has 1 aromatic heterocycles. The molecule has 0 amide bonds. The third-order valence-electron chi connectivity index (χ3n) is 4.60. The van der Waals surface area contributed by atoms with Crippen molar-refractivity contribution in [3.05, 3.63) is 81.7 Å². The van der Waals surface area contributed by atoms with Crippen LogP contribution >= 0.6 is 12.2 Å². The summed E-state index contributed by atoms with van der Waals surface area (Å²) in [6.07, 6.45) is 1.76. The SMILES string of the molecule is [C-]#[N+]c1cc(C(C)(C)c2c[nH]c(=S)n2-c2ccc(F)c(OC)c2)ccc1F. The average molecular weight is 385 g/mol. The second kappa shape index (κ2) is 6.97. The summed E-state index contributed by atoms with van der Waals surface area (Å²) in [5.74, 6) is -0.917. The first-order valence-electron chi connectivity index (χ1n) is 8.12. The lowest BCUT2D eigenvalue weighted by Gasteiger charge is -2.27. The molecule has 0 aliphatic rings. The molecule has 0 saturated heterocycles. The third kappa shape index (κ3) is 3.24. The van der Waals surface area contributed by atoms with E-state index in [1.54, 1.807) is 29.0 Å². The van der Waals surface area contributed by atoms with Crippen LogP contribution in [0.25, 0.3) is 10.5 Å². The van der Waals surface area contributed by atoms with Crippen LogP contribution < -0.4 is 4.74 Å². The largest absolute Gasteiger partial charge is 0.494 e. The molecule has 27 heavy (non-hydrogen) atoms. The number of halogens is 2. The minimum atomic E-state index is -0.609. The number of H-pyrrole nitrogens is 1. The van der Waals surface area contributed by atoms with Gasteiger partial charge in [-0.05, 0) is 42.0 Å². The number of imidazole rings is 1. The Morgan fingerprint density at radius 2 is 1.85 bits per heavy atom. The Hall–Kier alpha value is -2.98. The van der Waals surface area contributed by atoms with Gasteiger partial charge in [0.1, 0.15) is 5.82 Å². The minimum absolute atomic E-state index is 0.0373. The highest BCUT2D eigenvalue weighted by Gasteiger charge is 2.29. The zero-order valence-electron chi connectivity index (χ0n) is 15.0. The molecule has 0 aliphatic carbocycles. The van der Waals surface area contributed by atoms with E-state index in [4.69, 9.17) is 23.5 Å². The number of hydrogen-bond acceptors (Lipinski definition) is 2. The number of rotatable bonds is 4. The van der Waals surface area contributed by atoms with Crippen LogP contribution in [0, 0.1) is 23.0 Å². The fourth-order valence-corrected chi connectivity index (χ4v) is 3.27. The number of hydrogen-bond donors (Lipinski definition) is 1. The average Bonchev–Trinajstić information content (AvgIpc) is 3.04. The maximum Gasteiger partial charge on any atom is 0.222 e. The molecular formula is C20H17F2N3OS. The molecule has 3 aromatic rings. The molecule has 4 nitrogen and oxygen atoms in total. The van der Waals surface area contributed by atoms with Crippen molar-refractivity contribution in [1.82, 2.24) is 9.55 Å². The van der Waals surface area contributed by atoms with E-state index in [0.29, 0.717) is 10.5 Å². The van der Waals surface area contributed by atoms with Crippen molar-refractivity contribution in [3.8, 4) is 11.4 Å². The van der Waals surface area contributed by atoms with E-state index < -0.39 is 17.0 Å². The van der Waals surface area contributed by atoms with Crippen molar-refractivity contribution in [1.29, 1.82) is 0 Å². The van der Waals surface area contributed by atoms with Gasteiger partial charge >= 0.3 is 0 Å². The van der Waals surface area contributed by atoms with Crippen LogP contribution in [-0.4, -0.2) is 16.7 Å². The fourth-order valence-electron chi connectivity index (χ4n) is 3.01. The van der Waals surface area contributed by atoms with Crippen molar-refractivity contribution in [2.75, 3.05) is 7.11 Å². The van der Waals surface area contributed by atoms with Crippen LogP contribution in [0.1, 0.15) is 25.1 Å². The van der Waals surface area contributed by atoms with Gasteiger partial charge in [0.25, 0.3) is 0 Å². The van der Waals surface area contributed by atoms with E-state index in [2.05, 4.69) is 9.83 Å².